The number of benzene rings is 1. The molecule has 0 bridgehead atoms. The fourth-order valence-corrected chi connectivity index (χ4v) is 2.67. The summed E-state index contributed by atoms with van der Waals surface area (Å²) >= 11 is 0. The number of hydrogen-bond donors (Lipinski definition) is 0. The smallest absolute Gasteiger partial charge is 0.410 e. The number of carbonyl (C=O) groups is 2. The summed E-state index contributed by atoms with van der Waals surface area (Å²) in [6, 6.07) is 6.32. The highest BCUT2D eigenvalue weighted by Crippen LogP contribution is 2.22. The van der Waals surface area contributed by atoms with Gasteiger partial charge in [-0.15, -0.1) is 0 Å². The number of amides is 1. The summed E-state index contributed by atoms with van der Waals surface area (Å²) in [7, 11) is 0. The molecule has 0 unspecified atom stereocenters. The highest BCUT2D eigenvalue weighted by molar-refractivity contribution is 5.68. The molecule has 22 heavy (non-hydrogen) atoms. The minimum absolute atomic E-state index is 0.245. The molecule has 4 nitrogen and oxygen atoms in total. The van der Waals surface area contributed by atoms with E-state index in [1.165, 1.54) is 16.7 Å². The van der Waals surface area contributed by atoms with Gasteiger partial charge < -0.3 is 14.4 Å². The van der Waals surface area contributed by atoms with Gasteiger partial charge in [-0.25, -0.2) is 4.79 Å². The molecule has 1 aliphatic heterocycles. The van der Waals surface area contributed by atoms with Gasteiger partial charge in [-0.2, -0.15) is 0 Å². The molecule has 1 heterocycles. The Morgan fingerprint density at radius 1 is 1.32 bits per heavy atom. The van der Waals surface area contributed by atoms with E-state index in [-0.39, 0.29) is 6.09 Å². The Kier molecular flexibility index (Phi) is 5.22. The third-order valence-corrected chi connectivity index (χ3v) is 3.71. The van der Waals surface area contributed by atoms with Gasteiger partial charge in [0, 0.05) is 19.5 Å². The Morgan fingerprint density at radius 3 is 2.77 bits per heavy atom. The number of hydrogen-bond acceptors (Lipinski definition) is 3. The first-order valence-corrected chi connectivity index (χ1v) is 7.91. The lowest BCUT2D eigenvalue weighted by Crippen LogP contribution is -2.36. The van der Waals surface area contributed by atoms with Crippen molar-refractivity contribution in [2.75, 3.05) is 6.54 Å². The van der Waals surface area contributed by atoms with Crippen LogP contribution in [0.25, 0.3) is 0 Å². The van der Waals surface area contributed by atoms with Gasteiger partial charge in [-0.3, -0.25) is 0 Å². The standard InChI is InChI=1S/C18H25NO3/c1-18(2,3)22-17(21)19-10-4-7-15-12-14(6-5-11-20)8-9-16(15)13-19/h8-9,11-12H,4-7,10,13H2,1-3H3. The summed E-state index contributed by atoms with van der Waals surface area (Å²) in [5.41, 5.74) is 3.19. The van der Waals surface area contributed by atoms with Crippen molar-refractivity contribution in [1.29, 1.82) is 0 Å². The zero-order valence-corrected chi connectivity index (χ0v) is 13.7. The highest BCUT2D eigenvalue weighted by atomic mass is 16.6. The molecule has 0 aliphatic carbocycles. The average Bonchev–Trinajstić information content (AvgIpc) is 2.65. The van der Waals surface area contributed by atoms with E-state index in [9.17, 15) is 9.59 Å². The summed E-state index contributed by atoms with van der Waals surface area (Å²) in [6.45, 7) is 6.97. The number of rotatable bonds is 3. The van der Waals surface area contributed by atoms with Crippen LogP contribution in [0.4, 0.5) is 4.79 Å². The summed E-state index contributed by atoms with van der Waals surface area (Å²) in [6.07, 6.45) is 3.95. The topological polar surface area (TPSA) is 46.6 Å². The number of aryl methyl sites for hydroxylation is 2. The van der Waals surface area contributed by atoms with E-state index >= 15 is 0 Å². The lowest BCUT2D eigenvalue weighted by Gasteiger charge is -2.26. The van der Waals surface area contributed by atoms with E-state index in [2.05, 4.69) is 18.2 Å². The SMILES string of the molecule is CC(C)(C)OC(=O)N1CCCc2cc(CCC=O)ccc2C1. The Balaban J connectivity index is 2.10. The van der Waals surface area contributed by atoms with Crippen molar-refractivity contribution in [3.63, 3.8) is 0 Å². The van der Waals surface area contributed by atoms with Crippen LogP contribution in [-0.4, -0.2) is 29.4 Å². The van der Waals surface area contributed by atoms with Gasteiger partial charge >= 0.3 is 6.09 Å². The molecular weight excluding hydrogens is 278 g/mol. The van der Waals surface area contributed by atoms with Crippen molar-refractivity contribution < 1.29 is 14.3 Å². The molecule has 0 atom stereocenters. The van der Waals surface area contributed by atoms with Crippen LogP contribution in [-0.2, 0) is 28.9 Å². The van der Waals surface area contributed by atoms with Crippen LogP contribution in [0.15, 0.2) is 18.2 Å². The molecule has 1 aromatic rings. The normalized spacial score (nSPS) is 15.0. The molecule has 120 valence electrons. The van der Waals surface area contributed by atoms with Crippen molar-refractivity contribution in [1.82, 2.24) is 4.90 Å². The minimum Gasteiger partial charge on any atom is -0.444 e. The maximum atomic E-state index is 12.2. The summed E-state index contributed by atoms with van der Waals surface area (Å²) in [4.78, 5) is 24.5. The molecule has 1 aromatic carbocycles. The van der Waals surface area contributed by atoms with Gasteiger partial charge in [0.2, 0.25) is 0 Å². The quantitative estimate of drug-likeness (QED) is 0.803. The van der Waals surface area contributed by atoms with E-state index in [1.807, 2.05) is 20.8 Å². The second kappa shape index (κ2) is 6.95. The molecule has 2 rings (SSSR count). The van der Waals surface area contributed by atoms with Crippen molar-refractivity contribution in [3.05, 3.63) is 34.9 Å². The lowest BCUT2D eigenvalue weighted by molar-refractivity contribution is -0.107. The zero-order valence-electron chi connectivity index (χ0n) is 13.7. The van der Waals surface area contributed by atoms with Gasteiger partial charge in [0.05, 0.1) is 0 Å². The summed E-state index contributed by atoms with van der Waals surface area (Å²) in [5.74, 6) is 0. The molecule has 1 aliphatic rings. The Morgan fingerprint density at radius 2 is 2.09 bits per heavy atom. The van der Waals surface area contributed by atoms with E-state index < -0.39 is 5.60 Å². The van der Waals surface area contributed by atoms with Crippen molar-refractivity contribution in [3.8, 4) is 0 Å². The van der Waals surface area contributed by atoms with Crippen LogP contribution in [0.3, 0.4) is 0 Å². The number of nitrogens with zero attached hydrogens (tertiary/aromatic N) is 1. The number of aldehydes is 1. The molecule has 0 saturated carbocycles. The third kappa shape index (κ3) is 4.58. The van der Waals surface area contributed by atoms with Gasteiger partial charge in [-0.05, 0) is 56.7 Å². The lowest BCUT2D eigenvalue weighted by atomic mass is 9.99. The van der Waals surface area contributed by atoms with Crippen LogP contribution < -0.4 is 0 Å². The average molecular weight is 303 g/mol. The molecule has 0 radical (unpaired) electrons. The number of carbonyl (C=O) groups excluding carboxylic acids is 2. The fraction of sp³-hybridized carbons (Fsp3) is 0.556. The highest BCUT2D eigenvalue weighted by Gasteiger charge is 2.24. The number of ether oxygens (including phenoxy) is 1. The molecule has 0 fully saturated rings. The van der Waals surface area contributed by atoms with Crippen molar-refractivity contribution >= 4 is 12.4 Å². The minimum atomic E-state index is -0.467. The Hall–Kier alpha value is -1.84. The van der Waals surface area contributed by atoms with Crippen LogP contribution in [0, 0.1) is 0 Å². The molecule has 0 spiro atoms. The molecule has 0 aromatic heterocycles. The van der Waals surface area contributed by atoms with Crippen LogP contribution >= 0.6 is 0 Å². The zero-order chi connectivity index (χ0) is 16.2. The van der Waals surface area contributed by atoms with Crippen molar-refractivity contribution in [2.24, 2.45) is 0 Å². The second-order valence-electron chi connectivity index (χ2n) is 6.81. The largest absolute Gasteiger partial charge is 0.444 e. The third-order valence-electron chi connectivity index (χ3n) is 3.71. The summed E-state index contributed by atoms with van der Waals surface area (Å²) < 4.78 is 5.47. The van der Waals surface area contributed by atoms with E-state index in [0.717, 1.165) is 25.5 Å². The van der Waals surface area contributed by atoms with Crippen LogP contribution in [0.2, 0.25) is 0 Å². The van der Waals surface area contributed by atoms with Gasteiger partial charge in [0.1, 0.15) is 11.9 Å². The number of fused-ring (bicyclic) bond motifs is 1. The van der Waals surface area contributed by atoms with E-state index in [4.69, 9.17) is 4.74 Å². The van der Waals surface area contributed by atoms with Crippen LogP contribution in [0.1, 0.15) is 50.3 Å². The summed E-state index contributed by atoms with van der Waals surface area (Å²) in [5, 5.41) is 0. The maximum Gasteiger partial charge on any atom is 0.410 e. The predicted molar refractivity (Wildman–Crippen MR) is 85.8 cm³/mol. The van der Waals surface area contributed by atoms with Gasteiger partial charge in [0.25, 0.3) is 0 Å². The molecule has 1 amide bonds. The van der Waals surface area contributed by atoms with Crippen molar-refractivity contribution in [2.45, 2.75) is 58.6 Å². The second-order valence-corrected chi connectivity index (χ2v) is 6.81. The molecule has 0 N–H and O–H groups in total. The van der Waals surface area contributed by atoms with Gasteiger partial charge in [0.15, 0.2) is 0 Å². The van der Waals surface area contributed by atoms with Gasteiger partial charge in [-0.1, -0.05) is 18.2 Å². The Labute approximate surface area is 132 Å². The first-order chi connectivity index (χ1) is 10.4. The van der Waals surface area contributed by atoms with E-state index in [1.54, 1.807) is 4.90 Å². The molecule has 0 saturated heterocycles. The Bertz CT molecular complexity index is 546. The first-order valence-electron chi connectivity index (χ1n) is 7.91. The fourth-order valence-electron chi connectivity index (χ4n) is 2.67. The molecule has 4 heteroatoms. The van der Waals surface area contributed by atoms with Crippen LogP contribution in [0.5, 0.6) is 0 Å². The predicted octanol–water partition coefficient (Wildman–Crippen LogP) is 3.50. The first kappa shape index (κ1) is 16.5. The maximum absolute atomic E-state index is 12.2. The molecular formula is C18H25NO3. The van der Waals surface area contributed by atoms with E-state index in [0.29, 0.717) is 19.5 Å². The monoisotopic (exact) mass is 303 g/mol.